The van der Waals surface area contributed by atoms with Gasteiger partial charge in [-0.3, -0.25) is 4.90 Å². The predicted molar refractivity (Wildman–Crippen MR) is 94.2 cm³/mol. The van der Waals surface area contributed by atoms with Crippen LogP contribution in [0.2, 0.25) is 0 Å². The SMILES string of the molecule is O[C@]1(c2ccc3ccccc3c2)CCN(Cc2ccccc2)C1. The van der Waals surface area contributed by atoms with Gasteiger partial charge in [0, 0.05) is 19.6 Å². The standard InChI is InChI=1S/C21H21NO/c23-21(20-11-10-18-8-4-5-9-19(18)14-20)12-13-22(16-21)15-17-6-2-1-3-7-17/h1-11,14,23H,12-13,15-16H2/t21-/m1/s1. The van der Waals surface area contributed by atoms with Gasteiger partial charge < -0.3 is 5.11 Å². The first-order chi connectivity index (χ1) is 11.2. The van der Waals surface area contributed by atoms with Gasteiger partial charge in [-0.05, 0) is 34.4 Å². The van der Waals surface area contributed by atoms with Gasteiger partial charge in [0.1, 0.15) is 5.60 Å². The molecule has 23 heavy (non-hydrogen) atoms. The number of aliphatic hydroxyl groups is 1. The van der Waals surface area contributed by atoms with Crippen LogP contribution in [0.4, 0.5) is 0 Å². The van der Waals surface area contributed by atoms with E-state index in [0.29, 0.717) is 6.54 Å². The zero-order valence-corrected chi connectivity index (χ0v) is 13.2. The van der Waals surface area contributed by atoms with Crippen LogP contribution >= 0.6 is 0 Å². The smallest absolute Gasteiger partial charge is 0.103 e. The first kappa shape index (κ1) is 14.4. The minimum Gasteiger partial charge on any atom is -0.384 e. The van der Waals surface area contributed by atoms with Gasteiger partial charge >= 0.3 is 0 Å². The molecule has 1 heterocycles. The topological polar surface area (TPSA) is 23.5 Å². The molecule has 116 valence electrons. The minimum atomic E-state index is -0.737. The average molecular weight is 303 g/mol. The summed E-state index contributed by atoms with van der Waals surface area (Å²) in [7, 11) is 0. The Morgan fingerprint density at radius 1 is 0.870 bits per heavy atom. The molecule has 0 aliphatic carbocycles. The number of hydrogen-bond acceptors (Lipinski definition) is 2. The number of β-amino-alcohol motifs (C(OH)–C–C–N with tert-alkyl or cyclic N) is 1. The van der Waals surface area contributed by atoms with E-state index in [4.69, 9.17) is 0 Å². The normalized spacial score (nSPS) is 21.8. The highest BCUT2D eigenvalue weighted by molar-refractivity contribution is 5.83. The molecule has 0 spiro atoms. The van der Waals surface area contributed by atoms with Crippen molar-refractivity contribution in [1.29, 1.82) is 0 Å². The molecule has 0 aromatic heterocycles. The van der Waals surface area contributed by atoms with Crippen LogP contribution in [0.5, 0.6) is 0 Å². The largest absolute Gasteiger partial charge is 0.384 e. The first-order valence-electron chi connectivity index (χ1n) is 8.21. The van der Waals surface area contributed by atoms with Crippen LogP contribution in [-0.2, 0) is 12.1 Å². The second kappa shape index (κ2) is 5.80. The molecule has 0 unspecified atom stereocenters. The maximum absolute atomic E-state index is 11.1. The number of rotatable bonds is 3. The summed E-state index contributed by atoms with van der Waals surface area (Å²) in [6.45, 7) is 2.52. The summed E-state index contributed by atoms with van der Waals surface area (Å²) in [5, 5.41) is 13.5. The van der Waals surface area contributed by atoms with E-state index in [9.17, 15) is 5.11 Å². The molecule has 1 aliphatic heterocycles. The molecule has 4 rings (SSSR count). The molecule has 0 saturated carbocycles. The summed E-state index contributed by atoms with van der Waals surface area (Å²) in [6, 6.07) is 25.1. The predicted octanol–water partition coefficient (Wildman–Crippen LogP) is 3.93. The molecule has 1 N–H and O–H groups in total. The van der Waals surface area contributed by atoms with Crippen molar-refractivity contribution < 1.29 is 5.11 Å². The van der Waals surface area contributed by atoms with Gasteiger partial charge in [-0.1, -0.05) is 66.7 Å². The highest BCUT2D eigenvalue weighted by Crippen LogP contribution is 2.34. The monoisotopic (exact) mass is 303 g/mol. The Hall–Kier alpha value is -2.16. The van der Waals surface area contributed by atoms with Crippen molar-refractivity contribution >= 4 is 10.8 Å². The molecule has 3 aromatic carbocycles. The van der Waals surface area contributed by atoms with Crippen LogP contribution in [0.25, 0.3) is 10.8 Å². The van der Waals surface area contributed by atoms with E-state index in [1.807, 2.05) is 18.2 Å². The Balaban J connectivity index is 1.56. The molecule has 2 heteroatoms. The van der Waals surface area contributed by atoms with Crippen LogP contribution in [0.15, 0.2) is 72.8 Å². The lowest BCUT2D eigenvalue weighted by Crippen LogP contribution is -2.30. The molecule has 1 fully saturated rings. The second-order valence-electron chi connectivity index (χ2n) is 6.54. The van der Waals surface area contributed by atoms with Crippen molar-refractivity contribution in [2.45, 2.75) is 18.6 Å². The molecule has 0 amide bonds. The van der Waals surface area contributed by atoms with Gasteiger partial charge in [-0.15, -0.1) is 0 Å². The summed E-state index contributed by atoms with van der Waals surface area (Å²) in [6.07, 6.45) is 0.790. The summed E-state index contributed by atoms with van der Waals surface area (Å²) >= 11 is 0. The van der Waals surface area contributed by atoms with Crippen molar-refractivity contribution in [1.82, 2.24) is 4.90 Å². The lowest BCUT2D eigenvalue weighted by molar-refractivity contribution is 0.0454. The van der Waals surface area contributed by atoms with Gasteiger partial charge in [-0.25, -0.2) is 0 Å². The van der Waals surface area contributed by atoms with E-state index in [1.165, 1.54) is 16.3 Å². The third kappa shape index (κ3) is 2.88. The maximum Gasteiger partial charge on any atom is 0.103 e. The summed E-state index contributed by atoms with van der Waals surface area (Å²) in [5.41, 5.74) is 1.60. The number of likely N-dealkylation sites (tertiary alicyclic amines) is 1. The summed E-state index contributed by atoms with van der Waals surface area (Å²) in [4.78, 5) is 2.34. The quantitative estimate of drug-likeness (QED) is 0.792. The van der Waals surface area contributed by atoms with E-state index in [0.717, 1.165) is 25.1 Å². The number of nitrogens with zero attached hydrogens (tertiary/aromatic N) is 1. The van der Waals surface area contributed by atoms with E-state index in [2.05, 4.69) is 59.5 Å². The fourth-order valence-electron chi connectivity index (χ4n) is 3.56. The molecular formula is C21H21NO. The zero-order valence-electron chi connectivity index (χ0n) is 13.2. The maximum atomic E-state index is 11.1. The van der Waals surface area contributed by atoms with Crippen LogP contribution in [-0.4, -0.2) is 23.1 Å². The summed E-state index contributed by atoms with van der Waals surface area (Å²) in [5.74, 6) is 0. The Kier molecular flexibility index (Phi) is 3.64. The molecule has 2 nitrogen and oxygen atoms in total. The number of fused-ring (bicyclic) bond motifs is 1. The Morgan fingerprint density at radius 3 is 2.43 bits per heavy atom. The third-order valence-corrected chi connectivity index (χ3v) is 4.86. The van der Waals surface area contributed by atoms with Gasteiger partial charge in [0.25, 0.3) is 0 Å². The van der Waals surface area contributed by atoms with E-state index < -0.39 is 5.60 Å². The Labute approximate surface area is 137 Å². The Morgan fingerprint density at radius 2 is 1.61 bits per heavy atom. The second-order valence-corrected chi connectivity index (χ2v) is 6.54. The summed E-state index contributed by atoms with van der Waals surface area (Å²) < 4.78 is 0. The van der Waals surface area contributed by atoms with Crippen LogP contribution in [0.1, 0.15) is 17.5 Å². The van der Waals surface area contributed by atoms with Crippen molar-refractivity contribution in [2.24, 2.45) is 0 Å². The minimum absolute atomic E-state index is 0.695. The molecule has 1 aliphatic rings. The van der Waals surface area contributed by atoms with Gasteiger partial charge in [0.2, 0.25) is 0 Å². The molecule has 1 saturated heterocycles. The van der Waals surface area contributed by atoms with E-state index in [1.54, 1.807) is 0 Å². The van der Waals surface area contributed by atoms with Crippen molar-refractivity contribution in [2.75, 3.05) is 13.1 Å². The van der Waals surface area contributed by atoms with E-state index in [-0.39, 0.29) is 0 Å². The molecule has 0 bridgehead atoms. The lowest BCUT2D eigenvalue weighted by atomic mass is 9.91. The van der Waals surface area contributed by atoms with Gasteiger partial charge in [-0.2, -0.15) is 0 Å². The fraction of sp³-hybridized carbons (Fsp3) is 0.238. The van der Waals surface area contributed by atoms with E-state index >= 15 is 0 Å². The highest BCUT2D eigenvalue weighted by atomic mass is 16.3. The molecule has 3 aromatic rings. The lowest BCUT2D eigenvalue weighted by Gasteiger charge is -2.24. The first-order valence-corrected chi connectivity index (χ1v) is 8.21. The fourth-order valence-corrected chi connectivity index (χ4v) is 3.56. The highest BCUT2D eigenvalue weighted by Gasteiger charge is 2.37. The molecule has 1 atom stereocenters. The van der Waals surface area contributed by atoms with Crippen molar-refractivity contribution in [3.05, 3.63) is 83.9 Å². The van der Waals surface area contributed by atoms with Crippen molar-refractivity contribution in [3.63, 3.8) is 0 Å². The molecule has 0 radical (unpaired) electrons. The molecular weight excluding hydrogens is 282 g/mol. The third-order valence-electron chi connectivity index (χ3n) is 4.86. The van der Waals surface area contributed by atoms with Crippen molar-refractivity contribution in [3.8, 4) is 0 Å². The van der Waals surface area contributed by atoms with Gasteiger partial charge in [0.05, 0.1) is 0 Å². The van der Waals surface area contributed by atoms with Crippen LogP contribution < -0.4 is 0 Å². The van der Waals surface area contributed by atoms with Crippen LogP contribution in [0, 0.1) is 0 Å². The number of hydrogen-bond donors (Lipinski definition) is 1. The Bertz CT molecular complexity index is 814. The van der Waals surface area contributed by atoms with Crippen LogP contribution in [0.3, 0.4) is 0 Å². The number of benzene rings is 3. The zero-order chi connectivity index (χ0) is 15.7. The van der Waals surface area contributed by atoms with Gasteiger partial charge in [0.15, 0.2) is 0 Å². The average Bonchev–Trinajstić information content (AvgIpc) is 2.97.